The third kappa shape index (κ3) is 3.29. The zero-order valence-corrected chi connectivity index (χ0v) is 9.15. The molecule has 0 saturated carbocycles. The van der Waals surface area contributed by atoms with E-state index < -0.39 is 17.8 Å². The van der Waals surface area contributed by atoms with E-state index in [1.165, 1.54) is 24.0 Å². The molecule has 1 N–H and O–H groups in total. The molecule has 0 aliphatic rings. The van der Waals surface area contributed by atoms with Crippen LogP contribution in [0.4, 0.5) is 8.78 Å². The Balaban J connectivity index is 2.75. The standard InChI is InChI=1S/C10H14F2N2O2/c1-7(9(15)16)8-5-13-6-14(8)4-3-10(2,11)12/h5-7H,3-4H2,1-2H3,(H,15,16). The van der Waals surface area contributed by atoms with Crippen LogP contribution in [0.15, 0.2) is 12.5 Å². The lowest BCUT2D eigenvalue weighted by atomic mass is 10.1. The van der Waals surface area contributed by atoms with Gasteiger partial charge in [0.05, 0.1) is 17.9 Å². The van der Waals surface area contributed by atoms with Gasteiger partial charge < -0.3 is 9.67 Å². The molecule has 1 atom stereocenters. The molecule has 1 heterocycles. The number of nitrogens with zero attached hydrogens (tertiary/aromatic N) is 2. The number of rotatable bonds is 5. The summed E-state index contributed by atoms with van der Waals surface area (Å²) in [5, 5.41) is 8.82. The fourth-order valence-electron chi connectivity index (χ4n) is 1.32. The van der Waals surface area contributed by atoms with Gasteiger partial charge in [0.2, 0.25) is 5.92 Å². The van der Waals surface area contributed by atoms with Crippen LogP contribution < -0.4 is 0 Å². The zero-order chi connectivity index (χ0) is 12.3. The summed E-state index contributed by atoms with van der Waals surface area (Å²) in [6, 6.07) is 0. The van der Waals surface area contributed by atoms with Gasteiger partial charge in [0.15, 0.2) is 0 Å². The van der Waals surface area contributed by atoms with Gasteiger partial charge in [0.1, 0.15) is 0 Å². The Morgan fingerprint density at radius 3 is 2.81 bits per heavy atom. The first-order valence-electron chi connectivity index (χ1n) is 4.92. The third-order valence-corrected chi connectivity index (χ3v) is 2.35. The van der Waals surface area contributed by atoms with E-state index in [9.17, 15) is 13.6 Å². The Morgan fingerprint density at radius 2 is 2.31 bits per heavy atom. The maximum atomic E-state index is 12.7. The lowest BCUT2D eigenvalue weighted by molar-refractivity contribution is -0.138. The molecule has 90 valence electrons. The number of aryl methyl sites for hydroxylation is 1. The highest BCUT2D eigenvalue weighted by Crippen LogP contribution is 2.20. The first-order valence-corrected chi connectivity index (χ1v) is 4.92. The van der Waals surface area contributed by atoms with Crippen LogP contribution >= 0.6 is 0 Å². The number of carboxylic acids is 1. The number of hydrogen-bond donors (Lipinski definition) is 1. The summed E-state index contributed by atoms with van der Waals surface area (Å²) in [5.41, 5.74) is 0.441. The Morgan fingerprint density at radius 1 is 1.69 bits per heavy atom. The van der Waals surface area contributed by atoms with Crippen molar-refractivity contribution in [3.05, 3.63) is 18.2 Å². The van der Waals surface area contributed by atoms with Crippen molar-refractivity contribution in [2.75, 3.05) is 0 Å². The Hall–Kier alpha value is -1.46. The van der Waals surface area contributed by atoms with Gasteiger partial charge in [0, 0.05) is 19.2 Å². The Labute approximate surface area is 91.9 Å². The molecule has 0 fully saturated rings. The highest BCUT2D eigenvalue weighted by atomic mass is 19.3. The summed E-state index contributed by atoms with van der Waals surface area (Å²) in [6.45, 7) is 2.40. The van der Waals surface area contributed by atoms with E-state index in [1.807, 2.05) is 0 Å². The quantitative estimate of drug-likeness (QED) is 0.845. The number of carboxylic acid groups (broad SMARTS) is 1. The SMILES string of the molecule is CC(C(=O)O)c1cncn1CCC(C)(F)F. The van der Waals surface area contributed by atoms with E-state index in [2.05, 4.69) is 4.98 Å². The fourth-order valence-corrected chi connectivity index (χ4v) is 1.32. The molecule has 0 saturated heterocycles. The van der Waals surface area contributed by atoms with E-state index in [-0.39, 0.29) is 13.0 Å². The van der Waals surface area contributed by atoms with Crippen molar-refractivity contribution < 1.29 is 18.7 Å². The molecule has 1 aromatic heterocycles. The van der Waals surface area contributed by atoms with Crippen molar-refractivity contribution in [1.29, 1.82) is 0 Å². The number of carbonyl (C=O) groups is 1. The van der Waals surface area contributed by atoms with Crippen molar-refractivity contribution in [3.8, 4) is 0 Å². The summed E-state index contributed by atoms with van der Waals surface area (Å²) in [5.74, 6) is -4.49. The van der Waals surface area contributed by atoms with E-state index in [0.29, 0.717) is 5.69 Å². The Bertz CT molecular complexity index is 371. The average Bonchev–Trinajstić information content (AvgIpc) is 2.59. The molecule has 4 nitrogen and oxygen atoms in total. The van der Waals surface area contributed by atoms with Crippen molar-refractivity contribution in [3.63, 3.8) is 0 Å². The van der Waals surface area contributed by atoms with Gasteiger partial charge in [-0.3, -0.25) is 4.79 Å². The average molecular weight is 232 g/mol. The van der Waals surface area contributed by atoms with Gasteiger partial charge in [-0.25, -0.2) is 13.8 Å². The normalized spacial score (nSPS) is 13.8. The van der Waals surface area contributed by atoms with E-state index in [1.54, 1.807) is 0 Å². The number of hydrogen-bond acceptors (Lipinski definition) is 2. The molecule has 1 unspecified atom stereocenters. The molecule has 0 bridgehead atoms. The molecule has 1 aromatic rings. The number of aromatic nitrogens is 2. The van der Waals surface area contributed by atoms with Gasteiger partial charge in [-0.1, -0.05) is 0 Å². The zero-order valence-electron chi connectivity index (χ0n) is 9.15. The molecule has 0 radical (unpaired) electrons. The van der Waals surface area contributed by atoms with E-state index in [4.69, 9.17) is 5.11 Å². The number of alkyl halides is 2. The maximum Gasteiger partial charge on any atom is 0.312 e. The lowest BCUT2D eigenvalue weighted by Gasteiger charge is -2.14. The first kappa shape index (κ1) is 12.6. The summed E-state index contributed by atoms with van der Waals surface area (Å²) in [6.07, 6.45) is 2.44. The lowest BCUT2D eigenvalue weighted by Crippen LogP contribution is -2.17. The van der Waals surface area contributed by atoms with E-state index in [0.717, 1.165) is 6.92 Å². The largest absolute Gasteiger partial charge is 0.481 e. The minimum absolute atomic E-state index is 0.0659. The number of aliphatic carboxylic acids is 1. The monoisotopic (exact) mass is 232 g/mol. The molecule has 0 aliphatic heterocycles. The second-order valence-corrected chi connectivity index (χ2v) is 3.89. The van der Waals surface area contributed by atoms with Gasteiger partial charge in [-0.05, 0) is 13.8 Å². The molecule has 1 rings (SSSR count). The second-order valence-electron chi connectivity index (χ2n) is 3.89. The van der Waals surface area contributed by atoms with Gasteiger partial charge in [-0.2, -0.15) is 0 Å². The maximum absolute atomic E-state index is 12.7. The smallest absolute Gasteiger partial charge is 0.312 e. The number of halogens is 2. The summed E-state index contributed by atoms with van der Waals surface area (Å²) in [4.78, 5) is 14.5. The van der Waals surface area contributed by atoms with Crippen LogP contribution in [0, 0.1) is 0 Å². The molecular formula is C10H14F2N2O2. The minimum atomic E-state index is -2.76. The van der Waals surface area contributed by atoms with Crippen LogP contribution in [0.2, 0.25) is 0 Å². The van der Waals surface area contributed by atoms with Crippen molar-refractivity contribution in [1.82, 2.24) is 9.55 Å². The highest BCUT2D eigenvalue weighted by molar-refractivity contribution is 5.74. The molecule has 16 heavy (non-hydrogen) atoms. The molecular weight excluding hydrogens is 218 g/mol. The van der Waals surface area contributed by atoms with Crippen LogP contribution in [-0.2, 0) is 11.3 Å². The summed E-state index contributed by atoms with van der Waals surface area (Å²) >= 11 is 0. The third-order valence-electron chi connectivity index (χ3n) is 2.35. The van der Waals surface area contributed by atoms with Crippen molar-refractivity contribution >= 4 is 5.97 Å². The fraction of sp³-hybridized carbons (Fsp3) is 0.600. The summed E-state index contributed by atoms with van der Waals surface area (Å²) < 4.78 is 26.8. The van der Waals surface area contributed by atoms with Gasteiger partial charge in [-0.15, -0.1) is 0 Å². The molecule has 6 heteroatoms. The van der Waals surface area contributed by atoms with Crippen LogP contribution in [0.25, 0.3) is 0 Å². The second kappa shape index (κ2) is 4.59. The van der Waals surface area contributed by atoms with Crippen LogP contribution in [0.5, 0.6) is 0 Å². The van der Waals surface area contributed by atoms with Crippen molar-refractivity contribution in [2.24, 2.45) is 0 Å². The molecule has 0 amide bonds. The van der Waals surface area contributed by atoms with Gasteiger partial charge in [0.25, 0.3) is 0 Å². The minimum Gasteiger partial charge on any atom is -0.481 e. The van der Waals surface area contributed by atoms with Gasteiger partial charge >= 0.3 is 5.97 Å². The first-order chi connectivity index (χ1) is 7.31. The van der Waals surface area contributed by atoms with Crippen LogP contribution in [0.3, 0.4) is 0 Å². The summed E-state index contributed by atoms with van der Waals surface area (Å²) in [7, 11) is 0. The van der Waals surface area contributed by atoms with Crippen LogP contribution in [-0.4, -0.2) is 26.5 Å². The molecule has 0 spiro atoms. The Kier molecular flexibility index (Phi) is 3.62. The molecule has 0 aliphatic carbocycles. The highest BCUT2D eigenvalue weighted by Gasteiger charge is 2.23. The predicted molar refractivity (Wildman–Crippen MR) is 53.5 cm³/mol. The molecule has 0 aromatic carbocycles. The van der Waals surface area contributed by atoms with Crippen molar-refractivity contribution in [2.45, 2.75) is 38.7 Å². The van der Waals surface area contributed by atoms with Crippen LogP contribution in [0.1, 0.15) is 31.9 Å². The number of imidazole rings is 1. The van der Waals surface area contributed by atoms with E-state index >= 15 is 0 Å². The topological polar surface area (TPSA) is 55.1 Å². The predicted octanol–water partition coefficient (Wildman–Crippen LogP) is 2.12.